The van der Waals surface area contributed by atoms with Crippen molar-refractivity contribution in [2.45, 2.75) is 64.6 Å². The Morgan fingerprint density at radius 3 is 2.50 bits per heavy atom. The summed E-state index contributed by atoms with van der Waals surface area (Å²) >= 11 is 0. The number of benzene rings is 2. The number of hydrogen-bond donors (Lipinski definition) is 3. The van der Waals surface area contributed by atoms with Crippen LogP contribution in [-0.2, 0) is 22.6 Å². The number of hydrazine groups is 1. The molecule has 5 rings (SSSR count). The Balaban J connectivity index is 1.54. The van der Waals surface area contributed by atoms with Gasteiger partial charge in [0.25, 0.3) is 5.91 Å². The lowest BCUT2D eigenvalue weighted by molar-refractivity contribution is -0.153. The van der Waals surface area contributed by atoms with Crippen molar-refractivity contribution in [3.05, 3.63) is 70.5 Å². The minimum absolute atomic E-state index is 0.0442. The van der Waals surface area contributed by atoms with Gasteiger partial charge in [-0.3, -0.25) is 14.4 Å². The number of aliphatic carboxylic acids is 1. The number of carbonyl (C=O) groups is 3. The molecule has 0 aromatic heterocycles. The lowest BCUT2D eigenvalue weighted by atomic mass is 9.77. The first-order chi connectivity index (χ1) is 21.1. The van der Waals surface area contributed by atoms with Crippen LogP contribution in [0, 0.1) is 11.8 Å². The predicted octanol–water partition coefficient (Wildman–Crippen LogP) is 3.43. The Kier molecular flexibility index (Phi) is 9.33. The Labute approximate surface area is 258 Å². The molecule has 0 saturated heterocycles. The minimum atomic E-state index is -0.939. The minimum Gasteiger partial charge on any atom is -0.496 e. The van der Waals surface area contributed by atoms with Crippen LogP contribution in [0.1, 0.15) is 72.6 Å². The van der Waals surface area contributed by atoms with E-state index in [0.717, 1.165) is 29.5 Å². The lowest BCUT2D eigenvalue weighted by Crippen LogP contribution is -2.50. The molecule has 0 bridgehead atoms. The Hall–Kier alpha value is -4.25. The van der Waals surface area contributed by atoms with E-state index >= 15 is 0 Å². The van der Waals surface area contributed by atoms with Crippen molar-refractivity contribution in [1.29, 1.82) is 0 Å². The number of ether oxygens (including phenoxy) is 2. The van der Waals surface area contributed by atoms with Gasteiger partial charge in [-0.2, -0.15) is 0 Å². The second kappa shape index (κ2) is 13.2. The van der Waals surface area contributed by atoms with Gasteiger partial charge in [-0.15, -0.1) is 0 Å². The van der Waals surface area contributed by atoms with Crippen molar-refractivity contribution < 1.29 is 29.0 Å². The Morgan fingerprint density at radius 1 is 1.11 bits per heavy atom. The quantitative estimate of drug-likeness (QED) is 0.273. The molecule has 1 fully saturated rings. The molecule has 5 N–H and O–H groups in total. The summed E-state index contributed by atoms with van der Waals surface area (Å²) in [5.74, 6) is 4.63. The fourth-order valence-corrected chi connectivity index (χ4v) is 6.71. The van der Waals surface area contributed by atoms with Crippen LogP contribution in [0.15, 0.2) is 48.3 Å². The number of carbonyl (C=O) groups excluding carboxylic acids is 2. The van der Waals surface area contributed by atoms with Crippen LogP contribution >= 0.6 is 0 Å². The van der Waals surface area contributed by atoms with Crippen molar-refractivity contribution in [3.8, 4) is 11.5 Å². The molecule has 2 amide bonds. The van der Waals surface area contributed by atoms with Gasteiger partial charge in [0, 0.05) is 48.6 Å². The number of nitrogens with zero attached hydrogens (tertiary/aromatic N) is 3. The highest BCUT2D eigenvalue weighted by atomic mass is 16.5. The molecule has 0 spiro atoms. The SMILES string of the molecule is COc1ccc(OC/C(N)=C/N(N)C(C)C)c2c1CCN(C(=O)[C@@H]1CCCC[C@@H]1C(=O)O)[C@@H]2CN1Cc2ccccc2C1=O. The highest BCUT2D eigenvalue weighted by Gasteiger charge is 2.44. The van der Waals surface area contributed by atoms with Gasteiger partial charge in [0.15, 0.2) is 0 Å². The van der Waals surface area contributed by atoms with Crippen molar-refractivity contribution in [3.63, 3.8) is 0 Å². The van der Waals surface area contributed by atoms with E-state index in [2.05, 4.69) is 0 Å². The first kappa shape index (κ1) is 31.2. The van der Waals surface area contributed by atoms with E-state index in [-0.39, 0.29) is 31.0 Å². The van der Waals surface area contributed by atoms with E-state index in [0.29, 0.717) is 55.1 Å². The summed E-state index contributed by atoms with van der Waals surface area (Å²) in [7, 11) is 1.60. The molecule has 3 atom stereocenters. The molecule has 44 heavy (non-hydrogen) atoms. The predicted molar refractivity (Wildman–Crippen MR) is 164 cm³/mol. The van der Waals surface area contributed by atoms with Gasteiger partial charge in [-0.05, 0) is 56.9 Å². The molecular weight excluding hydrogens is 562 g/mol. The zero-order valence-electron chi connectivity index (χ0n) is 25.7. The number of fused-ring (bicyclic) bond motifs is 2. The summed E-state index contributed by atoms with van der Waals surface area (Å²) in [6.07, 6.45) is 4.71. The summed E-state index contributed by atoms with van der Waals surface area (Å²) in [4.78, 5) is 43.6. The van der Waals surface area contributed by atoms with Gasteiger partial charge in [0.2, 0.25) is 5.91 Å². The number of rotatable bonds is 10. The average Bonchev–Trinajstić information content (AvgIpc) is 3.34. The monoisotopic (exact) mass is 605 g/mol. The molecule has 1 aliphatic carbocycles. The fraction of sp³-hybridized carbons (Fsp3) is 0.485. The fourth-order valence-electron chi connectivity index (χ4n) is 6.71. The third-order valence-electron chi connectivity index (χ3n) is 9.08. The molecule has 2 heterocycles. The summed E-state index contributed by atoms with van der Waals surface area (Å²) < 4.78 is 12.0. The molecule has 1 saturated carbocycles. The molecule has 2 aromatic carbocycles. The van der Waals surface area contributed by atoms with Gasteiger partial charge in [-0.25, -0.2) is 5.84 Å². The summed E-state index contributed by atoms with van der Waals surface area (Å²) in [5.41, 5.74) is 9.90. The van der Waals surface area contributed by atoms with Crippen molar-refractivity contribution in [1.82, 2.24) is 14.8 Å². The summed E-state index contributed by atoms with van der Waals surface area (Å²) in [5, 5.41) is 11.5. The maximum Gasteiger partial charge on any atom is 0.307 e. The number of carboxylic acids is 1. The van der Waals surface area contributed by atoms with E-state index in [9.17, 15) is 19.5 Å². The topological polar surface area (TPSA) is 152 Å². The largest absolute Gasteiger partial charge is 0.496 e. The summed E-state index contributed by atoms with van der Waals surface area (Å²) in [6, 6.07) is 10.6. The smallest absolute Gasteiger partial charge is 0.307 e. The molecule has 11 heteroatoms. The maximum atomic E-state index is 14.3. The van der Waals surface area contributed by atoms with E-state index in [1.807, 2.05) is 44.2 Å². The van der Waals surface area contributed by atoms with Crippen LogP contribution in [0.2, 0.25) is 0 Å². The van der Waals surface area contributed by atoms with Gasteiger partial charge in [0.1, 0.15) is 18.1 Å². The second-order valence-corrected chi connectivity index (χ2v) is 12.2. The van der Waals surface area contributed by atoms with Crippen LogP contribution in [-0.4, -0.2) is 70.5 Å². The normalized spacial score (nSPS) is 21.6. The molecule has 2 aromatic rings. The maximum absolute atomic E-state index is 14.3. The molecular formula is C33H43N5O6. The van der Waals surface area contributed by atoms with Crippen LogP contribution in [0.3, 0.4) is 0 Å². The molecule has 0 radical (unpaired) electrons. The van der Waals surface area contributed by atoms with Crippen LogP contribution in [0.5, 0.6) is 11.5 Å². The van der Waals surface area contributed by atoms with E-state index in [1.165, 1.54) is 5.01 Å². The van der Waals surface area contributed by atoms with Crippen LogP contribution in [0.25, 0.3) is 0 Å². The summed E-state index contributed by atoms with van der Waals surface area (Å²) in [6.45, 7) is 4.95. The highest BCUT2D eigenvalue weighted by molar-refractivity contribution is 5.98. The van der Waals surface area contributed by atoms with Gasteiger partial charge in [-0.1, -0.05) is 31.0 Å². The number of methoxy groups -OCH3 is 1. The number of hydrogen-bond acceptors (Lipinski definition) is 8. The van der Waals surface area contributed by atoms with Crippen molar-refractivity contribution >= 4 is 17.8 Å². The zero-order valence-corrected chi connectivity index (χ0v) is 25.7. The Morgan fingerprint density at radius 2 is 1.82 bits per heavy atom. The van der Waals surface area contributed by atoms with Crippen molar-refractivity contribution in [2.24, 2.45) is 23.4 Å². The van der Waals surface area contributed by atoms with E-state index in [4.69, 9.17) is 21.1 Å². The molecule has 3 aliphatic rings. The standard InChI is InChI=1S/C33H43N5O6/c1-20(2)38(35)17-22(34)19-44-29-13-12-28(43-3)26-14-15-37(32(40)24-10-6-7-11-25(24)33(41)42)27(30(26)29)18-36-16-21-8-4-5-9-23(21)31(36)39/h4-5,8-9,12-13,17,20,24-25,27H,6-7,10-11,14-16,18-19,34-35H2,1-3H3,(H,41,42)/b22-17-/t24-,25+,27-/m1/s1. The molecule has 0 unspecified atom stereocenters. The third-order valence-corrected chi connectivity index (χ3v) is 9.08. The first-order valence-electron chi connectivity index (χ1n) is 15.3. The lowest BCUT2D eigenvalue weighted by Gasteiger charge is -2.43. The molecule has 11 nitrogen and oxygen atoms in total. The molecule has 2 aliphatic heterocycles. The highest BCUT2D eigenvalue weighted by Crippen LogP contribution is 2.44. The van der Waals surface area contributed by atoms with Crippen LogP contribution in [0.4, 0.5) is 0 Å². The third kappa shape index (κ3) is 6.19. The number of amides is 2. The van der Waals surface area contributed by atoms with Crippen molar-refractivity contribution in [2.75, 3.05) is 26.8 Å². The van der Waals surface area contributed by atoms with E-state index < -0.39 is 23.8 Å². The van der Waals surface area contributed by atoms with Crippen LogP contribution < -0.4 is 21.1 Å². The zero-order chi connectivity index (χ0) is 31.5. The second-order valence-electron chi connectivity index (χ2n) is 12.2. The average molecular weight is 606 g/mol. The number of carboxylic acid groups (broad SMARTS) is 1. The van der Waals surface area contributed by atoms with Gasteiger partial charge >= 0.3 is 5.97 Å². The van der Waals surface area contributed by atoms with E-state index in [1.54, 1.807) is 29.2 Å². The Bertz CT molecular complexity index is 1440. The first-order valence-corrected chi connectivity index (χ1v) is 15.3. The molecule has 236 valence electrons. The van der Waals surface area contributed by atoms with Gasteiger partial charge in [0.05, 0.1) is 30.7 Å². The van der Waals surface area contributed by atoms with Gasteiger partial charge < -0.3 is 35.1 Å². The number of nitrogens with two attached hydrogens (primary N) is 2.